The van der Waals surface area contributed by atoms with E-state index in [1.54, 1.807) is 18.3 Å². The van der Waals surface area contributed by atoms with E-state index < -0.39 is 5.54 Å². The van der Waals surface area contributed by atoms with Gasteiger partial charge in [0.1, 0.15) is 18.2 Å². The molecule has 32 heavy (non-hydrogen) atoms. The summed E-state index contributed by atoms with van der Waals surface area (Å²) in [6.07, 6.45) is 3.31. The zero-order chi connectivity index (χ0) is 22.4. The second kappa shape index (κ2) is 9.92. The van der Waals surface area contributed by atoms with Crippen LogP contribution in [0.2, 0.25) is 0 Å². The molecular formula is C26H28FN3O2. The number of likely N-dealkylation sites (tertiary alicyclic amines) is 1. The van der Waals surface area contributed by atoms with Gasteiger partial charge in [0.25, 0.3) is 0 Å². The van der Waals surface area contributed by atoms with E-state index in [2.05, 4.69) is 27.3 Å². The fraction of sp³-hybridized carbons (Fsp3) is 0.308. The van der Waals surface area contributed by atoms with E-state index in [0.29, 0.717) is 6.61 Å². The molecule has 0 radical (unpaired) electrons. The van der Waals surface area contributed by atoms with Crippen molar-refractivity contribution in [1.82, 2.24) is 15.2 Å². The number of aromatic nitrogens is 1. The Hall–Kier alpha value is -3.25. The Balaban J connectivity index is 1.38. The first kappa shape index (κ1) is 22.0. The van der Waals surface area contributed by atoms with Crippen LogP contribution in [0.4, 0.5) is 4.39 Å². The molecular weight excluding hydrogens is 405 g/mol. The van der Waals surface area contributed by atoms with Crippen LogP contribution in [0.5, 0.6) is 5.75 Å². The first-order valence-corrected chi connectivity index (χ1v) is 10.9. The van der Waals surface area contributed by atoms with Gasteiger partial charge in [-0.15, -0.1) is 0 Å². The van der Waals surface area contributed by atoms with Gasteiger partial charge in [-0.1, -0.05) is 30.3 Å². The van der Waals surface area contributed by atoms with Crippen molar-refractivity contribution < 1.29 is 13.9 Å². The number of nitrogens with one attached hydrogen (secondary N) is 1. The van der Waals surface area contributed by atoms with Gasteiger partial charge in [-0.25, -0.2) is 4.39 Å². The summed E-state index contributed by atoms with van der Waals surface area (Å²) in [6, 6.07) is 20.4. The number of nitrogens with zero attached hydrogens (tertiary/aromatic N) is 2. The molecule has 0 atom stereocenters. The number of carbonyl (C=O) groups is 1. The first-order chi connectivity index (χ1) is 15.5. The summed E-state index contributed by atoms with van der Waals surface area (Å²) in [5.74, 6) is 0.485. The Bertz CT molecular complexity index is 1030. The molecule has 1 aromatic heterocycles. The van der Waals surface area contributed by atoms with Gasteiger partial charge < -0.3 is 10.1 Å². The Kier molecular flexibility index (Phi) is 6.81. The van der Waals surface area contributed by atoms with Crippen LogP contribution in [0, 0.1) is 5.82 Å². The molecule has 5 nitrogen and oxygen atoms in total. The number of carbonyl (C=O) groups excluding carboxylic acids is 1. The molecule has 1 N–H and O–H groups in total. The minimum absolute atomic E-state index is 0.0690. The lowest BCUT2D eigenvalue weighted by Crippen LogP contribution is -2.52. The van der Waals surface area contributed by atoms with Crippen LogP contribution in [0.3, 0.4) is 0 Å². The van der Waals surface area contributed by atoms with E-state index >= 15 is 0 Å². The summed E-state index contributed by atoms with van der Waals surface area (Å²) in [4.78, 5) is 18.6. The standard InChI is InChI=1S/C26H28FN3O2/c1-20(31)29-26(22-8-10-23(27)11-9-22)12-15-30(16-13-26)18-21-5-4-7-25(17-21)32-19-24-6-2-3-14-28-24/h2-11,14,17H,12-13,15-16,18-19H2,1H3,(H,29,31). The average Bonchev–Trinajstić information content (AvgIpc) is 2.80. The largest absolute Gasteiger partial charge is 0.487 e. The molecule has 1 aliphatic heterocycles. The Labute approximate surface area is 188 Å². The highest BCUT2D eigenvalue weighted by Crippen LogP contribution is 2.34. The minimum atomic E-state index is -0.455. The molecule has 0 aliphatic carbocycles. The molecule has 0 saturated carbocycles. The normalized spacial score (nSPS) is 15.8. The lowest BCUT2D eigenvalue weighted by Gasteiger charge is -2.42. The topological polar surface area (TPSA) is 54.5 Å². The number of pyridine rings is 1. The van der Waals surface area contributed by atoms with Crippen molar-refractivity contribution in [3.05, 3.63) is 95.6 Å². The molecule has 1 fully saturated rings. The number of halogens is 1. The van der Waals surface area contributed by atoms with Crippen molar-refractivity contribution >= 4 is 5.91 Å². The molecule has 1 amide bonds. The number of amides is 1. The summed E-state index contributed by atoms with van der Waals surface area (Å²) in [5, 5.41) is 3.14. The third-order valence-corrected chi connectivity index (χ3v) is 5.94. The molecule has 0 bridgehead atoms. The number of hydrogen-bond acceptors (Lipinski definition) is 4. The van der Waals surface area contributed by atoms with Crippen LogP contribution in [-0.2, 0) is 23.5 Å². The summed E-state index contributed by atoms with van der Waals surface area (Å²) >= 11 is 0. The maximum absolute atomic E-state index is 13.4. The van der Waals surface area contributed by atoms with Gasteiger partial charge in [0, 0.05) is 32.8 Å². The van der Waals surface area contributed by atoms with Crippen LogP contribution in [0.15, 0.2) is 72.9 Å². The van der Waals surface area contributed by atoms with Gasteiger partial charge in [-0.3, -0.25) is 14.7 Å². The molecule has 1 aliphatic rings. The average molecular weight is 434 g/mol. The molecule has 0 spiro atoms. The predicted octanol–water partition coefficient (Wildman–Crippen LogP) is 4.43. The summed E-state index contributed by atoms with van der Waals surface area (Å²) < 4.78 is 19.3. The number of piperidine rings is 1. The van der Waals surface area contributed by atoms with E-state index in [1.165, 1.54) is 24.6 Å². The molecule has 2 heterocycles. The fourth-order valence-corrected chi connectivity index (χ4v) is 4.32. The first-order valence-electron chi connectivity index (χ1n) is 10.9. The highest BCUT2D eigenvalue weighted by Gasteiger charge is 2.36. The smallest absolute Gasteiger partial charge is 0.217 e. The SMILES string of the molecule is CC(=O)NC1(c2ccc(F)cc2)CCN(Cc2cccc(OCc3ccccn3)c2)CC1. The van der Waals surface area contributed by atoms with Crippen molar-refractivity contribution in [2.45, 2.75) is 38.5 Å². The number of ether oxygens (including phenoxy) is 1. The van der Waals surface area contributed by atoms with Gasteiger partial charge in [-0.2, -0.15) is 0 Å². The van der Waals surface area contributed by atoms with E-state index in [0.717, 1.165) is 49.5 Å². The molecule has 3 aromatic rings. The predicted molar refractivity (Wildman–Crippen MR) is 121 cm³/mol. The zero-order valence-electron chi connectivity index (χ0n) is 18.3. The van der Waals surface area contributed by atoms with Crippen LogP contribution in [0.25, 0.3) is 0 Å². The molecule has 1 saturated heterocycles. The monoisotopic (exact) mass is 433 g/mol. The molecule has 166 valence electrons. The quantitative estimate of drug-likeness (QED) is 0.599. The van der Waals surface area contributed by atoms with Crippen molar-refractivity contribution in [1.29, 1.82) is 0 Å². The molecule has 6 heteroatoms. The number of rotatable bonds is 7. The van der Waals surface area contributed by atoms with Gasteiger partial charge in [0.05, 0.1) is 11.2 Å². The maximum atomic E-state index is 13.4. The summed E-state index contributed by atoms with van der Waals surface area (Å²) in [7, 11) is 0. The summed E-state index contributed by atoms with van der Waals surface area (Å²) in [6.45, 7) is 4.44. The Morgan fingerprint density at radius 3 is 2.56 bits per heavy atom. The van der Waals surface area contributed by atoms with Crippen molar-refractivity contribution in [2.24, 2.45) is 0 Å². The third-order valence-electron chi connectivity index (χ3n) is 5.94. The van der Waals surface area contributed by atoms with E-state index in [9.17, 15) is 9.18 Å². The molecule has 4 rings (SSSR count). The van der Waals surface area contributed by atoms with Gasteiger partial charge in [0.2, 0.25) is 5.91 Å². The van der Waals surface area contributed by atoms with Crippen LogP contribution < -0.4 is 10.1 Å². The minimum Gasteiger partial charge on any atom is -0.487 e. The second-order valence-corrected chi connectivity index (χ2v) is 8.30. The zero-order valence-corrected chi connectivity index (χ0v) is 18.3. The van der Waals surface area contributed by atoms with E-state index in [-0.39, 0.29) is 11.7 Å². The Morgan fingerprint density at radius 1 is 1.09 bits per heavy atom. The highest BCUT2D eigenvalue weighted by atomic mass is 19.1. The lowest BCUT2D eigenvalue weighted by molar-refractivity contribution is -0.121. The number of benzene rings is 2. The van der Waals surface area contributed by atoms with Crippen molar-refractivity contribution in [3.63, 3.8) is 0 Å². The fourth-order valence-electron chi connectivity index (χ4n) is 4.32. The molecule has 0 unspecified atom stereocenters. The maximum Gasteiger partial charge on any atom is 0.217 e. The van der Waals surface area contributed by atoms with Crippen LogP contribution in [0.1, 0.15) is 36.6 Å². The van der Waals surface area contributed by atoms with Gasteiger partial charge in [-0.05, 0) is 60.4 Å². The van der Waals surface area contributed by atoms with Crippen molar-refractivity contribution in [2.75, 3.05) is 13.1 Å². The molecule has 2 aromatic carbocycles. The van der Waals surface area contributed by atoms with Crippen LogP contribution >= 0.6 is 0 Å². The lowest BCUT2D eigenvalue weighted by atomic mass is 9.80. The van der Waals surface area contributed by atoms with Crippen LogP contribution in [-0.4, -0.2) is 28.9 Å². The Morgan fingerprint density at radius 2 is 1.88 bits per heavy atom. The third kappa shape index (κ3) is 5.51. The van der Waals surface area contributed by atoms with E-state index in [4.69, 9.17) is 4.74 Å². The van der Waals surface area contributed by atoms with Gasteiger partial charge >= 0.3 is 0 Å². The number of hydrogen-bond donors (Lipinski definition) is 1. The second-order valence-electron chi connectivity index (χ2n) is 8.30. The highest BCUT2D eigenvalue weighted by molar-refractivity contribution is 5.74. The van der Waals surface area contributed by atoms with Crippen molar-refractivity contribution in [3.8, 4) is 5.75 Å². The van der Waals surface area contributed by atoms with Gasteiger partial charge in [0.15, 0.2) is 0 Å². The summed E-state index contributed by atoms with van der Waals surface area (Å²) in [5.41, 5.74) is 2.57. The van der Waals surface area contributed by atoms with E-state index in [1.807, 2.05) is 30.3 Å².